The number of carbonyl (C=O) groups excluding carboxylic acids is 1. The van der Waals surface area contributed by atoms with E-state index in [0.717, 1.165) is 41.2 Å². The topological polar surface area (TPSA) is 58.1 Å². The van der Waals surface area contributed by atoms with Gasteiger partial charge in [-0.25, -0.2) is 9.78 Å². The Labute approximate surface area is 150 Å². The Hall–Kier alpha value is -2.73. The van der Waals surface area contributed by atoms with Gasteiger partial charge >= 0.3 is 6.03 Å². The normalized spacial score (nSPS) is 16.8. The quantitative estimate of drug-likeness (QED) is 0.752. The Morgan fingerprint density at radius 3 is 2.88 bits per heavy atom. The third kappa shape index (κ3) is 3.39. The number of hydrogen-bond donors (Lipinski definition) is 1. The molecule has 3 aromatic rings. The first kappa shape index (κ1) is 15.8. The lowest BCUT2D eigenvalue weighted by Gasteiger charge is -2.25. The predicted octanol–water partition coefficient (Wildman–Crippen LogP) is 4.57. The summed E-state index contributed by atoms with van der Waals surface area (Å²) in [7, 11) is 0. The monoisotopic (exact) mass is 350 g/mol. The summed E-state index contributed by atoms with van der Waals surface area (Å²) in [6, 6.07) is 11.8. The number of benzene rings is 1. The number of likely N-dealkylation sites (tertiary alicyclic amines) is 1. The van der Waals surface area contributed by atoms with Gasteiger partial charge in [0.25, 0.3) is 0 Å². The molecular formula is C19H18N4OS. The molecule has 0 radical (unpaired) electrons. The minimum Gasteiger partial charge on any atom is -0.317 e. The highest BCUT2D eigenvalue weighted by atomic mass is 32.1. The van der Waals surface area contributed by atoms with Crippen molar-refractivity contribution in [2.45, 2.75) is 18.9 Å². The van der Waals surface area contributed by atoms with Gasteiger partial charge < -0.3 is 10.2 Å². The largest absolute Gasteiger partial charge is 0.322 e. The second-order valence-corrected chi connectivity index (χ2v) is 6.87. The maximum Gasteiger partial charge on any atom is 0.322 e. The third-order valence-corrected chi connectivity index (χ3v) is 5.22. The molecule has 0 spiro atoms. The molecule has 0 bridgehead atoms. The summed E-state index contributed by atoms with van der Waals surface area (Å²) in [5.74, 6) is 0. The van der Waals surface area contributed by atoms with E-state index in [4.69, 9.17) is 0 Å². The van der Waals surface area contributed by atoms with E-state index >= 15 is 0 Å². The number of pyridine rings is 1. The second kappa shape index (κ2) is 7.03. The Bertz CT molecular complexity index is 851. The Balaban J connectivity index is 1.51. The van der Waals surface area contributed by atoms with Crippen LogP contribution in [0.15, 0.2) is 60.4 Å². The van der Waals surface area contributed by atoms with Crippen molar-refractivity contribution in [3.8, 4) is 10.6 Å². The zero-order valence-corrected chi connectivity index (χ0v) is 14.4. The van der Waals surface area contributed by atoms with E-state index in [1.807, 2.05) is 46.7 Å². The van der Waals surface area contributed by atoms with Crippen LogP contribution in [0.5, 0.6) is 0 Å². The maximum absolute atomic E-state index is 12.8. The second-order valence-electron chi connectivity index (χ2n) is 5.98. The Kier molecular flexibility index (Phi) is 4.43. The van der Waals surface area contributed by atoms with Crippen molar-refractivity contribution < 1.29 is 4.79 Å². The van der Waals surface area contributed by atoms with E-state index in [-0.39, 0.29) is 12.1 Å². The number of anilines is 1. The van der Waals surface area contributed by atoms with Crippen molar-refractivity contribution in [2.75, 3.05) is 11.9 Å². The van der Waals surface area contributed by atoms with Gasteiger partial charge in [-0.1, -0.05) is 12.1 Å². The van der Waals surface area contributed by atoms with E-state index in [0.29, 0.717) is 0 Å². The van der Waals surface area contributed by atoms with Crippen LogP contribution < -0.4 is 5.32 Å². The number of aromatic nitrogens is 2. The molecule has 0 saturated carbocycles. The molecule has 1 N–H and O–H groups in total. The van der Waals surface area contributed by atoms with Crippen LogP contribution in [-0.4, -0.2) is 27.4 Å². The summed E-state index contributed by atoms with van der Waals surface area (Å²) >= 11 is 1.59. The fraction of sp³-hybridized carbons (Fsp3) is 0.211. The Morgan fingerprint density at radius 1 is 1.20 bits per heavy atom. The highest BCUT2D eigenvalue weighted by Crippen LogP contribution is 2.32. The molecule has 1 aromatic carbocycles. The highest BCUT2D eigenvalue weighted by molar-refractivity contribution is 7.13. The van der Waals surface area contributed by atoms with Crippen LogP contribution in [0.3, 0.4) is 0 Å². The minimum absolute atomic E-state index is 0.0596. The number of thiazole rings is 1. The van der Waals surface area contributed by atoms with Gasteiger partial charge in [0.1, 0.15) is 5.01 Å². The summed E-state index contributed by atoms with van der Waals surface area (Å²) in [6.07, 6.45) is 7.34. The summed E-state index contributed by atoms with van der Waals surface area (Å²) in [6.45, 7) is 0.769. The van der Waals surface area contributed by atoms with E-state index < -0.39 is 0 Å². The minimum atomic E-state index is -0.0596. The molecule has 1 saturated heterocycles. The standard InChI is InChI=1S/C19H18N4OS/c24-19(23-11-2-5-17(23)14-6-8-20-9-7-14)22-16-4-1-3-15(13-16)18-21-10-12-25-18/h1,3-4,6-10,12-13,17H,2,5,11H2,(H,22,24)/t17-/m1/s1. The average molecular weight is 350 g/mol. The fourth-order valence-electron chi connectivity index (χ4n) is 3.23. The van der Waals surface area contributed by atoms with Crippen LogP contribution in [0.2, 0.25) is 0 Å². The smallest absolute Gasteiger partial charge is 0.317 e. The number of nitrogens with zero attached hydrogens (tertiary/aromatic N) is 3. The van der Waals surface area contributed by atoms with Crippen LogP contribution in [0.4, 0.5) is 10.5 Å². The molecule has 1 aliphatic rings. The van der Waals surface area contributed by atoms with Crippen LogP contribution in [0.1, 0.15) is 24.4 Å². The number of nitrogens with one attached hydrogen (secondary N) is 1. The van der Waals surface area contributed by atoms with Crippen LogP contribution in [0, 0.1) is 0 Å². The molecule has 0 aliphatic carbocycles. The molecule has 0 unspecified atom stereocenters. The fourth-order valence-corrected chi connectivity index (χ4v) is 3.87. The lowest BCUT2D eigenvalue weighted by atomic mass is 10.1. The molecule has 2 aromatic heterocycles. The number of urea groups is 1. The van der Waals surface area contributed by atoms with Gasteiger partial charge in [0, 0.05) is 41.8 Å². The van der Waals surface area contributed by atoms with Gasteiger partial charge in [-0.05, 0) is 42.7 Å². The highest BCUT2D eigenvalue weighted by Gasteiger charge is 2.29. The van der Waals surface area contributed by atoms with Gasteiger partial charge in [-0.15, -0.1) is 11.3 Å². The maximum atomic E-state index is 12.8. The third-order valence-electron chi connectivity index (χ3n) is 4.40. The molecule has 126 valence electrons. The van der Waals surface area contributed by atoms with E-state index in [1.165, 1.54) is 0 Å². The van der Waals surface area contributed by atoms with Gasteiger partial charge in [-0.3, -0.25) is 4.98 Å². The molecule has 3 heterocycles. The summed E-state index contributed by atoms with van der Waals surface area (Å²) in [4.78, 5) is 23.1. The van der Waals surface area contributed by atoms with Crippen molar-refractivity contribution >= 4 is 23.1 Å². The zero-order valence-electron chi connectivity index (χ0n) is 13.6. The summed E-state index contributed by atoms with van der Waals surface area (Å²) < 4.78 is 0. The Morgan fingerprint density at radius 2 is 2.08 bits per heavy atom. The van der Waals surface area contributed by atoms with Crippen LogP contribution in [0.25, 0.3) is 10.6 Å². The lowest BCUT2D eigenvalue weighted by Crippen LogP contribution is -2.34. The van der Waals surface area contributed by atoms with Crippen molar-refractivity contribution in [2.24, 2.45) is 0 Å². The molecule has 1 aliphatic heterocycles. The van der Waals surface area contributed by atoms with E-state index in [1.54, 1.807) is 29.9 Å². The van der Waals surface area contributed by atoms with Crippen molar-refractivity contribution in [3.05, 3.63) is 65.9 Å². The first-order valence-corrected chi connectivity index (χ1v) is 9.17. The van der Waals surface area contributed by atoms with Crippen molar-refractivity contribution in [3.63, 3.8) is 0 Å². The molecule has 4 rings (SSSR count). The lowest BCUT2D eigenvalue weighted by molar-refractivity contribution is 0.207. The number of hydrogen-bond acceptors (Lipinski definition) is 4. The van der Waals surface area contributed by atoms with Gasteiger partial charge in [0.05, 0.1) is 6.04 Å². The number of amides is 2. The molecule has 25 heavy (non-hydrogen) atoms. The SMILES string of the molecule is O=C(Nc1cccc(-c2nccs2)c1)N1CCC[C@@H]1c1ccncc1. The van der Waals surface area contributed by atoms with Gasteiger partial charge in [-0.2, -0.15) is 0 Å². The molecule has 1 atom stereocenters. The van der Waals surface area contributed by atoms with E-state index in [2.05, 4.69) is 15.3 Å². The van der Waals surface area contributed by atoms with Crippen LogP contribution in [-0.2, 0) is 0 Å². The molecule has 6 heteroatoms. The molecule has 5 nitrogen and oxygen atoms in total. The summed E-state index contributed by atoms with van der Waals surface area (Å²) in [5.41, 5.74) is 2.94. The van der Waals surface area contributed by atoms with E-state index in [9.17, 15) is 4.79 Å². The number of carbonyl (C=O) groups is 1. The summed E-state index contributed by atoms with van der Waals surface area (Å²) in [5, 5.41) is 5.93. The molecular weight excluding hydrogens is 332 g/mol. The van der Waals surface area contributed by atoms with Crippen molar-refractivity contribution in [1.29, 1.82) is 0 Å². The van der Waals surface area contributed by atoms with Gasteiger partial charge in [0.15, 0.2) is 0 Å². The van der Waals surface area contributed by atoms with Crippen LogP contribution >= 0.6 is 11.3 Å². The average Bonchev–Trinajstić information content (AvgIpc) is 3.34. The molecule has 2 amide bonds. The first-order chi connectivity index (χ1) is 12.3. The van der Waals surface area contributed by atoms with Crippen molar-refractivity contribution in [1.82, 2.24) is 14.9 Å². The van der Waals surface area contributed by atoms with Gasteiger partial charge in [0.2, 0.25) is 0 Å². The predicted molar refractivity (Wildman–Crippen MR) is 99.5 cm³/mol. The first-order valence-electron chi connectivity index (χ1n) is 8.29. The number of rotatable bonds is 3. The molecule has 1 fully saturated rings. The zero-order chi connectivity index (χ0) is 17.1.